The van der Waals surface area contributed by atoms with Crippen LogP contribution >= 0.6 is 0 Å². The smallest absolute Gasteiger partial charge is 0.0201 e. The van der Waals surface area contributed by atoms with Crippen molar-refractivity contribution in [3.63, 3.8) is 0 Å². The molecule has 0 heteroatoms. The molecule has 0 amide bonds. The molecule has 2 aliphatic rings. The molecule has 0 radical (unpaired) electrons. The van der Waals surface area contributed by atoms with Crippen molar-refractivity contribution in [2.45, 2.75) is 58.3 Å². The van der Waals surface area contributed by atoms with Crippen LogP contribution in [0.25, 0.3) is 0 Å². The van der Waals surface area contributed by atoms with Gasteiger partial charge in [0.05, 0.1) is 0 Å². The van der Waals surface area contributed by atoms with Gasteiger partial charge in [0.15, 0.2) is 0 Å². The summed E-state index contributed by atoms with van der Waals surface area (Å²) >= 11 is 0. The second kappa shape index (κ2) is 3.64. The first-order valence-corrected chi connectivity index (χ1v) is 5.62. The molecule has 12 heavy (non-hydrogen) atoms. The van der Waals surface area contributed by atoms with Crippen LogP contribution in [-0.4, -0.2) is 0 Å². The minimum absolute atomic E-state index is 1.00. The van der Waals surface area contributed by atoms with Crippen LogP contribution < -0.4 is 0 Å². The number of rotatable bonds is 2. The number of allylic oxidation sites excluding steroid dienone is 2. The second-order valence-electron chi connectivity index (χ2n) is 4.32. The Morgan fingerprint density at radius 2 is 1.83 bits per heavy atom. The van der Waals surface area contributed by atoms with E-state index in [1.54, 1.807) is 0 Å². The van der Waals surface area contributed by atoms with Crippen LogP contribution in [0.4, 0.5) is 0 Å². The molecular weight excluding hydrogens is 144 g/mol. The topological polar surface area (TPSA) is 0 Å². The van der Waals surface area contributed by atoms with Gasteiger partial charge in [-0.2, -0.15) is 0 Å². The molecule has 0 N–H and O–H groups in total. The zero-order chi connectivity index (χ0) is 8.39. The lowest BCUT2D eigenvalue weighted by atomic mass is 9.82. The van der Waals surface area contributed by atoms with Gasteiger partial charge in [0.2, 0.25) is 0 Å². The van der Waals surface area contributed by atoms with E-state index in [2.05, 4.69) is 6.92 Å². The molecular formula is C12H20. The van der Waals surface area contributed by atoms with E-state index in [-0.39, 0.29) is 0 Å². The lowest BCUT2D eigenvalue weighted by molar-refractivity contribution is 0.396. The van der Waals surface area contributed by atoms with Crippen molar-refractivity contribution in [3.8, 4) is 0 Å². The lowest BCUT2D eigenvalue weighted by Crippen LogP contribution is -2.08. The fraction of sp³-hybridized carbons (Fsp3) is 0.833. The van der Waals surface area contributed by atoms with Crippen molar-refractivity contribution in [2.24, 2.45) is 5.92 Å². The molecule has 2 rings (SSSR count). The van der Waals surface area contributed by atoms with Crippen LogP contribution in [0.15, 0.2) is 11.1 Å². The van der Waals surface area contributed by atoms with Gasteiger partial charge < -0.3 is 0 Å². The van der Waals surface area contributed by atoms with Gasteiger partial charge in [0, 0.05) is 0 Å². The maximum atomic E-state index is 2.34. The first-order chi connectivity index (χ1) is 5.92. The van der Waals surface area contributed by atoms with Crippen LogP contribution in [0.2, 0.25) is 0 Å². The van der Waals surface area contributed by atoms with Crippen LogP contribution in [0.1, 0.15) is 58.3 Å². The third-order valence-electron chi connectivity index (χ3n) is 3.43. The summed E-state index contributed by atoms with van der Waals surface area (Å²) < 4.78 is 0. The molecule has 0 unspecified atom stereocenters. The van der Waals surface area contributed by atoms with Crippen molar-refractivity contribution in [1.29, 1.82) is 0 Å². The van der Waals surface area contributed by atoms with Crippen molar-refractivity contribution in [3.05, 3.63) is 11.1 Å². The predicted octanol–water partition coefficient (Wildman–Crippen LogP) is 4.07. The SMILES string of the molecule is CCC(=C1CC1)C1CCCCC1. The lowest BCUT2D eigenvalue weighted by Gasteiger charge is -2.23. The monoisotopic (exact) mass is 164 g/mol. The molecule has 2 aliphatic carbocycles. The van der Waals surface area contributed by atoms with Crippen LogP contribution in [-0.2, 0) is 0 Å². The van der Waals surface area contributed by atoms with Gasteiger partial charge in [-0.1, -0.05) is 37.3 Å². The number of hydrogen-bond acceptors (Lipinski definition) is 0. The average molecular weight is 164 g/mol. The van der Waals surface area contributed by atoms with Crippen LogP contribution in [0.3, 0.4) is 0 Å². The summed E-state index contributed by atoms with van der Waals surface area (Å²) in [6.07, 6.45) is 11.6. The highest BCUT2D eigenvalue weighted by Gasteiger charge is 2.23. The van der Waals surface area contributed by atoms with E-state index in [0.717, 1.165) is 5.92 Å². The van der Waals surface area contributed by atoms with E-state index >= 15 is 0 Å². The Labute approximate surface area is 76.1 Å². The van der Waals surface area contributed by atoms with Gasteiger partial charge in [-0.3, -0.25) is 0 Å². The summed E-state index contributed by atoms with van der Waals surface area (Å²) in [6.45, 7) is 2.34. The zero-order valence-corrected chi connectivity index (χ0v) is 8.23. The quantitative estimate of drug-likeness (QED) is 0.540. The van der Waals surface area contributed by atoms with E-state index in [4.69, 9.17) is 0 Å². The largest absolute Gasteiger partial charge is 0.0701 e. The molecule has 68 valence electrons. The van der Waals surface area contributed by atoms with E-state index in [0.29, 0.717) is 0 Å². The maximum Gasteiger partial charge on any atom is -0.0201 e. The molecule has 0 saturated heterocycles. The van der Waals surface area contributed by atoms with Crippen molar-refractivity contribution < 1.29 is 0 Å². The van der Waals surface area contributed by atoms with E-state index in [1.165, 1.54) is 51.4 Å². The summed E-state index contributed by atoms with van der Waals surface area (Å²) in [4.78, 5) is 0. The summed E-state index contributed by atoms with van der Waals surface area (Å²) in [5.41, 5.74) is 3.68. The van der Waals surface area contributed by atoms with Gasteiger partial charge >= 0.3 is 0 Å². The minimum atomic E-state index is 1.00. The molecule has 0 atom stereocenters. The molecule has 0 aromatic carbocycles. The molecule has 0 nitrogen and oxygen atoms in total. The first-order valence-electron chi connectivity index (χ1n) is 5.62. The zero-order valence-electron chi connectivity index (χ0n) is 8.23. The Morgan fingerprint density at radius 3 is 2.33 bits per heavy atom. The Kier molecular flexibility index (Phi) is 2.53. The highest BCUT2D eigenvalue weighted by Crippen LogP contribution is 2.41. The Balaban J connectivity index is 2.00. The van der Waals surface area contributed by atoms with Crippen molar-refractivity contribution in [1.82, 2.24) is 0 Å². The van der Waals surface area contributed by atoms with Gasteiger partial charge in [-0.15, -0.1) is 0 Å². The molecule has 0 heterocycles. The van der Waals surface area contributed by atoms with Crippen LogP contribution in [0.5, 0.6) is 0 Å². The maximum absolute atomic E-state index is 2.34. The molecule has 0 spiro atoms. The fourth-order valence-corrected chi connectivity index (χ4v) is 2.66. The molecule has 2 saturated carbocycles. The first kappa shape index (κ1) is 8.34. The summed E-state index contributed by atoms with van der Waals surface area (Å²) in [5, 5.41) is 0. The van der Waals surface area contributed by atoms with E-state index < -0.39 is 0 Å². The Bertz CT molecular complexity index is 176. The molecule has 0 aromatic heterocycles. The molecule has 0 aliphatic heterocycles. The summed E-state index contributed by atoms with van der Waals surface area (Å²) in [5.74, 6) is 1.00. The van der Waals surface area contributed by atoms with Crippen molar-refractivity contribution in [2.75, 3.05) is 0 Å². The predicted molar refractivity (Wildman–Crippen MR) is 53.1 cm³/mol. The third kappa shape index (κ3) is 1.73. The second-order valence-corrected chi connectivity index (χ2v) is 4.32. The van der Waals surface area contributed by atoms with Gasteiger partial charge in [0.1, 0.15) is 0 Å². The number of hydrogen-bond donors (Lipinski definition) is 0. The van der Waals surface area contributed by atoms with Gasteiger partial charge in [0.25, 0.3) is 0 Å². The van der Waals surface area contributed by atoms with E-state index in [1.807, 2.05) is 11.1 Å². The van der Waals surface area contributed by atoms with Crippen molar-refractivity contribution >= 4 is 0 Å². The standard InChI is InChI=1S/C12H20/c1-2-12(11-8-9-11)10-6-4-3-5-7-10/h10H,2-9H2,1H3. The minimum Gasteiger partial charge on any atom is -0.0701 e. The average Bonchev–Trinajstić information content (AvgIpc) is 2.92. The van der Waals surface area contributed by atoms with Gasteiger partial charge in [-0.05, 0) is 38.0 Å². The summed E-state index contributed by atoms with van der Waals surface area (Å²) in [6, 6.07) is 0. The highest BCUT2D eigenvalue weighted by atomic mass is 14.3. The Morgan fingerprint density at radius 1 is 1.17 bits per heavy atom. The third-order valence-corrected chi connectivity index (χ3v) is 3.43. The fourth-order valence-electron chi connectivity index (χ4n) is 2.66. The normalized spacial score (nSPS) is 24.2. The highest BCUT2D eigenvalue weighted by molar-refractivity contribution is 5.27. The van der Waals surface area contributed by atoms with Gasteiger partial charge in [-0.25, -0.2) is 0 Å². The van der Waals surface area contributed by atoms with Crippen LogP contribution in [0, 0.1) is 5.92 Å². The molecule has 0 aromatic rings. The summed E-state index contributed by atoms with van der Waals surface area (Å²) in [7, 11) is 0. The molecule has 0 bridgehead atoms. The van der Waals surface area contributed by atoms with E-state index in [9.17, 15) is 0 Å². The Hall–Kier alpha value is -0.260. The molecule has 2 fully saturated rings.